The number of furan rings is 1. The molecule has 0 fully saturated rings. The number of anilines is 1. The summed E-state index contributed by atoms with van der Waals surface area (Å²) in [5.74, 6) is -0.431. The molecule has 4 nitrogen and oxygen atoms in total. The van der Waals surface area contributed by atoms with Crippen molar-refractivity contribution >= 4 is 22.6 Å². The molecule has 1 heterocycles. The van der Waals surface area contributed by atoms with Crippen molar-refractivity contribution in [3.05, 3.63) is 30.0 Å². The van der Waals surface area contributed by atoms with Crippen LogP contribution in [0.4, 0.5) is 5.69 Å². The van der Waals surface area contributed by atoms with Crippen LogP contribution in [-0.4, -0.2) is 12.6 Å². The molecule has 0 aliphatic rings. The van der Waals surface area contributed by atoms with Gasteiger partial charge in [-0.15, -0.1) is 0 Å². The molecule has 4 heteroatoms. The zero-order chi connectivity index (χ0) is 11.5. The predicted octanol–water partition coefficient (Wildman–Crippen LogP) is 2.58. The standard InChI is InChI=1S/C12H13NO3/c1-2-6-16-12(14)10-9(13)4-3-8-5-7-15-11(8)10/h3-5,7H,2,6,13H2,1H3. The third-order valence-electron chi connectivity index (χ3n) is 2.30. The zero-order valence-corrected chi connectivity index (χ0v) is 9.03. The minimum atomic E-state index is -0.431. The number of nitrogens with two attached hydrogens (primary N) is 1. The number of benzene rings is 1. The first-order valence-corrected chi connectivity index (χ1v) is 5.17. The highest BCUT2D eigenvalue weighted by Crippen LogP contribution is 2.25. The number of hydrogen-bond donors (Lipinski definition) is 1. The van der Waals surface area contributed by atoms with Gasteiger partial charge in [-0.1, -0.05) is 6.92 Å². The lowest BCUT2D eigenvalue weighted by atomic mass is 10.1. The molecule has 1 aromatic carbocycles. The van der Waals surface area contributed by atoms with Crippen molar-refractivity contribution in [3.63, 3.8) is 0 Å². The van der Waals surface area contributed by atoms with Crippen LogP contribution in [0.25, 0.3) is 11.0 Å². The molecule has 0 unspecified atom stereocenters. The van der Waals surface area contributed by atoms with E-state index in [0.29, 0.717) is 23.4 Å². The van der Waals surface area contributed by atoms with Gasteiger partial charge < -0.3 is 14.9 Å². The monoisotopic (exact) mass is 219 g/mol. The number of hydrogen-bond acceptors (Lipinski definition) is 4. The van der Waals surface area contributed by atoms with Gasteiger partial charge in [-0.2, -0.15) is 0 Å². The van der Waals surface area contributed by atoms with Crippen LogP contribution in [0.2, 0.25) is 0 Å². The van der Waals surface area contributed by atoms with Gasteiger partial charge in [0.05, 0.1) is 12.9 Å². The maximum Gasteiger partial charge on any atom is 0.344 e. The highest BCUT2D eigenvalue weighted by molar-refractivity contribution is 6.06. The largest absolute Gasteiger partial charge is 0.463 e. The average molecular weight is 219 g/mol. The summed E-state index contributed by atoms with van der Waals surface area (Å²) in [6, 6.07) is 5.27. The maximum atomic E-state index is 11.8. The van der Waals surface area contributed by atoms with E-state index in [1.54, 1.807) is 12.1 Å². The van der Waals surface area contributed by atoms with Crippen LogP contribution < -0.4 is 5.73 Å². The molecule has 0 bridgehead atoms. The Morgan fingerprint density at radius 2 is 2.25 bits per heavy atom. The lowest BCUT2D eigenvalue weighted by Gasteiger charge is -2.06. The highest BCUT2D eigenvalue weighted by atomic mass is 16.5. The Bertz CT molecular complexity index is 516. The Morgan fingerprint density at radius 3 is 3.00 bits per heavy atom. The summed E-state index contributed by atoms with van der Waals surface area (Å²) < 4.78 is 10.3. The minimum absolute atomic E-state index is 0.316. The molecular formula is C12H13NO3. The van der Waals surface area contributed by atoms with E-state index >= 15 is 0 Å². The topological polar surface area (TPSA) is 65.5 Å². The fourth-order valence-electron chi connectivity index (χ4n) is 1.53. The second-order valence-corrected chi connectivity index (χ2v) is 3.50. The maximum absolute atomic E-state index is 11.8. The fraction of sp³-hybridized carbons (Fsp3) is 0.250. The van der Waals surface area contributed by atoms with Gasteiger partial charge in [0.1, 0.15) is 11.1 Å². The molecular weight excluding hydrogens is 206 g/mol. The van der Waals surface area contributed by atoms with E-state index in [0.717, 1.165) is 11.8 Å². The Balaban J connectivity index is 2.45. The molecule has 1 aromatic heterocycles. The van der Waals surface area contributed by atoms with Crippen molar-refractivity contribution in [2.24, 2.45) is 0 Å². The van der Waals surface area contributed by atoms with Gasteiger partial charge in [-0.05, 0) is 24.6 Å². The first-order valence-electron chi connectivity index (χ1n) is 5.17. The van der Waals surface area contributed by atoms with Crippen molar-refractivity contribution in [1.29, 1.82) is 0 Å². The molecule has 84 valence electrons. The molecule has 0 atom stereocenters. The van der Waals surface area contributed by atoms with Gasteiger partial charge in [-0.25, -0.2) is 4.79 Å². The summed E-state index contributed by atoms with van der Waals surface area (Å²) in [6.45, 7) is 2.32. The molecule has 0 aliphatic carbocycles. The van der Waals surface area contributed by atoms with Gasteiger partial charge >= 0.3 is 5.97 Å². The Kier molecular flexibility index (Phi) is 2.81. The van der Waals surface area contributed by atoms with E-state index in [-0.39, 0.29) is 0 Å². The number of fused-ring (bicyclic) bond motifs is 1. The van der Waals surface area contributed by atoms with Gasteiger partial charge in [0.25, 0.3) is 0 Å². The molecule has 0 saturated carbocycles. The number of ether oxygens (including phenoxy) is 1. The lowest BCUT2D eigenvalue weighted by Crippen LogP contribution is -2.09. The number of rotatable bonds is 3. The molecule has 16 heavy (non-hydrogen) atoms. The fourth-order valence-corrected chi connectivity index (χ4v) is 1.53. The quantitative estimate of drug-likeness (QED) is 0.636. The highest BCUT2D eigenvalue weighted by Gasteiger charge is 2.17. The third kappa shape index (κ3) is 1.74. The summed E-state index contributed by atoms with van der Waals surface area (Å²) in [5, 5.41) is 0.845. The summed E-state index contributed by atoms with van der Waals surface area (Å²) in [6.07, 6.45) is 2.31. The summed E-state index contributed by atoms with van der Waals surface area (Å²) in [7, 11) is 0. The van der Waals surface area contributed by atoms with Gasteiger partial charge in [0.15, 0.2) is 0 Å². The second kappa shape index (κ2) is 4.26. The van der Waals surface area contributed by atoms with Crippen molar-refractivity contribution in [2.75, 3.05) is 12.3 Å². The Hall–Kier alpha value is -1.97. The van der Waals surface area contributed by atoms with Crippen LogP contribution in [0.3, 0.4) is 0 Å². The van der Waals surface area contributed by atoms with Crippen LogP contribution in [0.15, 0.2) is 28.9 Å². The Labute approximate surface area is 93.0 Å². The lowest BCUT2D eigenvalue weighted by molar-refractivity contribution is 0.0507. The molecule has 0 spiro atoms. The molecule has 2 rings (SSSR count). The van der Waals surface area contributed by atoms with E-state index in [4.69, 9.17) is 14.9 Å². The average Bonchev–Trinajstić information content (AvgIpc) is 2.73. The van der Waals surface area contributed by atoms with Crippen LogP contribution in [0.1, 0.15) is 23.7 Å². The van der Waals surface area contributed by atoms with Crippen LogP contribution in [-0.2, 0) is 4.74 Å². The van der Waals surface area contributed by atoms with Gasteiger partial charge in [-0.3, -0.25) is 0 Å². The first kappa shape index (κ1) is 10.5. The second-order valence-electron chi connectivity index (χ2n) is 3.50. The molecule has 0 radical (unpaired) electrons. The number of nitrogen functional groups attached to an aromatic ring is 1. The number of carbonyl (C=O) groups excluding carboxylic acids is 1. The van der Waals surface area contributed by atoms with E-state index in [9.17, 15) is 4.79 Å². The SMILES string of the molecule is CCCOC(=O)c1c(N)ccc2ccoc12. The third-order valence-corrected chi connectivity index (χ3v) is 2.30. The molecule has 2 N–H and O–H groups in total. The first-order chi connectivity index (χ1) is 7.74. The van der Waals surface area contributed by atoms with Crippen LogP contribution >= 0.6 is 0 Å². The number of esters is 1. The predicted molar refractivity (Wildman–Crippen MR) is 61.2 cm³/mol. The van der Waals surface area contributed by atoms with Gasteiger partial charge in [0.2, 0.25) is 0 Å². The number of carbonyl (C=O) groups is 1. The Morgan fingerprint density at radius 1 is 1.44 bits per heavy atom. The van der Waals surface area contributed by atoms with Gasteiger partial charge in [0, 0.05) is 11.1 Å². The molecule has 0 amide bonds. The van der Waals surface area contributed by atoms with E-state index < -0.39 is 5.97 Å². The van der Waals surface area contributed by atoms with Crippen molar-refractivity contribution < 1.29 is 13.9 Å². The summed E-state index contributed by atoms with van der Waals surface area (Å²) >= 11 is 0. The zero-order valence-electron chi connectivity index (χ0n) is 9.03. The van der Waals surface area contributed by atoms with Crippen molar-refractivity contribution in [3.8, 4) is 0 Å². The molecule has 2 aromatic rings. The normalized spacial score (nSPS) is 10.6. The molecule has 0 aliphatic heterocycles. The minimum Gasteiger partial charge on any atom is -0.463 e. The van der Waals surface area contributed by atoms with E-state index in [1.807, 2.05) is 13.0 Å². The van der Waals surface area contributed by atoms with Crippen molar-refractivity contribution in [1.82, 2.24) is 0 Å². The summed E-state index contributed by atoms with van der Waals surface area (Å²) in [5.41, 5.74) is 6.94. The molecule has 0 saturated heterocycles. The van der Waals surface area contributed by atoms with E-state index in [1.165, 1.54) is 6.26 Å². The smallest absolute Gasteiger partial charge is 0.344 e. The summed E-state index contributed by atoms with van der Waals surface area (Å²) in [4.78, 5) is 11.8. The van der Waals surface area contributed by atoms with Crippen LogP contribution in [0, 0.1) is 0 Å². The van der Waals surface area contributed by atoms with Crippen LogP contribution in [0.5, 0.6) is 0 Å². The van der Waals surface area contributed by atoms with E-state index in [2.05, 4.69) is 0 Å². The van der Waals surface area contributed by atoms with Crippen molar-refractivity contribution in [2.45, 2.75) is 13.3 Å².